The van der Waals surface area contributed by atoms with Gasteiger partial charge in [-0.05, 0) is 49.7 Å². The molecule has 1 spiro atoms. The summed E-state index contributed by atoms with van der Waals surface area (Å²) in [5.74, 6) is -1.96. The molecule has 0 radical (unpaired) electrons. The lowest BCUT2D eigenvalue weighted by molar-refractivity contribution is -0.147. The van der Waals surface area contributed by atoms with E-state index in [-0.39, 0.29) is 24.3 Å². The van der Waals surface area contributed by atoms with Gasteiger partial charge >= 0.3 is 0 Å². The molecule has 3 N–H and O–H groups in total. The highest BCUT2D eigenvalue weighted by atomic mass is 16.5. The average molecular weight is 534 g/mol. The Bertz CT molecular complexity index is 1180. The van der Waals surface area contributed by atoms with Crippen molar-refractivity contribution in [1.82, 2.24) is 15.5 Å². The molecule has 3 heterocycles. The Hall–Kier alpha value is -3.23. The molecular weight excluding hydrogens is 494 g/mol. The van der Waals surface area contributed by atoms with Crippen molar-refractivity contribution in [2.45, 2.75) is 75.8 Å². The summed E-state index contributed by atoms with van der Waals surface area (Å²) >= 11 is 0. The first-order valence-corrected chi connectivity index (χ1v) is 14.2. The van der Waals surface area contributed by atoms with Gasteiger partial charge in [0, 0.05) is 26.2 Å². The molecule has 8 heteroatoms. The van der Waals surface area contributed by atoms with Crippen LogP contribution in [0.25, 0.3) is 0 Å². The number of aliphatic hydroxyl groups excluding tert-OH is 1. The van der Waals surface area contributed by atoms with Gasteiger partial charge in [0.05, 0.1) is 17.4 Å². The van der Waals surface area contributed by atoms with Crippen LogP contribution in [-0.2, 0) is 32.2 Å². The fraction of sp³-hybridized carbons (Fsp3) is 0.516. The number of hydrogen-bond acceptors (Lipinski definition) is 5. The second kappa shape index (κ2) is 11.5. The molecule has 208 valence electrons. The van der Waals surface area contributed by atoms with Crippen molar-refractivity contribution >= 4 is 17.7 Å². The van der Waals surface area contributed by atoms with Crippen molar-refractivity contribution < 1.29 is 24.2 Å². The molecule has 5 atom stereocenters. The van der Waals surface area contributed by atoms with Gasteiger partial charge in [-0.2, -0.15) is 0 Å². The van der Waals surface area contributed by atoms with Gasteiger partial charge in [-0.1, -0.05) is 67.6 Å². The first-order valence-electron chi connectivity index (χ1n) is 14.2. The topological polar surface area (TPSA) is 108 Å². The van der Waals surface area contributed by atoms with Crippen molar-refractivity contribution in [2.75, 3.05) is 13.2 Å². The predicted octanol–water partition coefficient (Wildman–Crippen LogP) is 2.94. The van der Waals surface area contributed by atoms with E-state index in [2.05, 4.69) is 10.6 Å². The number of hydrogen-bond donors (Lipinski definition) is 3. The Kier molecular flexibility index (Phi) is 8.05. The van der Waals surface area contributed by atoms with Crippen molar-refractivity contribution in [3.8, 4) is 0 Å². The summed E-state index contributed by atoms with van der Waals surface area (Å²) in [6.07, 6.45) is 3.85. The van der Waals surface area contributed by atoms with Crippen LogP contribution >= 0.6 is 0 Å². The third kappa shape index (κ3) is 4.96. The number of rotatable bonds is 12. The van der Waals surface area contributed by atoms with Crippen LogP contribution in [0.2, 0.25) is 0 Å². The summed E-state index contributed by atoms with van der Waals surface area (Å²) in [6.45, 7) is 3.20. The molecule has 2 aromatic rings. The monoisotopic (exact) mass is 533 g/mol. The molecule has 5 rings (SSSR count). The standard InChI is InChI=1S/C31H39N3O5/c1-2-30-16-17-31(39-30)25(24(30)27(36)32-20-22-12-6-3-7-13-22)29(38)34(18-10-5-11-19-35)26(31)28(37)33-21-23-14-8-4-9-15-23/h3-4,6-9,12-15,24-26,35H,2,5,10-11,16-21H2,1H3,(H,32,36)(H,33,37)/t24-,25-,26?,30+,31?/m0/s1. The number of fused-ring (bicyclic) bond motifs is 1. The predicted molar refractivity (Wildman–Crippen MR) is 146 cm³/mol. The zero-order valence-corrected chi connectivity index (χ0v) is 22.6. The maximum atomic E-state index is 14.1. The first kappa shape index (κ1) is 27.3. The highest BCUT2D eigenvalue weighted by Crippen LogP contribution is 2.64. The number of amides is 3. The number of nitrogens with one attached hydrogen (secondary N) is 2. The van der Waals surface area contributed by atoms with E-state index in [1.165, 1.54) is 0 Å². The minimum atomic E-state index is -1.03. The second-order valence-corrected chi connectivity index (χ2v) is 11.1. The van der Waals surface area contributed by atoms with Crippen LogP contribution in [0.3, 0.4) is 0 Å². The van der Waals surface area contributed by atoms with E-state index in [1.807, 2.05) is 67.6 Å². The maximum absolute atomic E-state index is 14.1. The van der Waals surface area contributed by atoms with Gasteiger partial charge in [-0.15, -0.1) is 0 Å². The lowest BCUT2D eigenvalue weighted by Crippen LogP contribution is -2.55. The zero-order valence-electron chi connectivity index (χ0n) is 22.6. The van der Waals surface area contributed by atoms with Gasteiger partial charge in [-0.3, -0.25) is 14.4 Å². The molecule has 2 aromatic carbocycles. The minimum absolute atomic E-state index is 0.0906. The molecule has 39 heavy (non-hydrogen) atoms. The minimum Gasteiger partial charge on any atom is -0.396 e. The molecule has 2 bridgehead atoms. The van der Waals surface area contributed by atoms with Gasteiger partial charge in [0.25, 0.3) is 0 Å². The van der Waals surface area contributed by atoms with Crippen molar-refractivity contribution in [3.05, 3.63) is 71.8 Å². The molecule has 0 saturated carbocycles. The van der Waals surface area contributed by atoms with Gasteiger partial charge < -0.3 is 25.4 Å². The maximum Gasteiger partial charge on any atom is 0.246 e. The molecule has 3 aliphatic rings. The van der Waals surface area contributed by atoms with E-state index in [9.17, 15) is 19.5 Å². The van der Waals surface area contributed by atoms with E-state index in [1.54, 1.807) is 4.90 Å². The number of aliphatic hydroxyl groups is 1. The van der Waals surface area contributed by atoms with Crippen LogP contribution < -0.4 is 10.6 Å². The number of carbonyl (C=O) groups is 3. The lowest BCUT2D eigenvalue weighted by Gasteiger charge is -2.34. The van der Waals surface area contributed by atoms with Gasteiger partial charge in [0.2, 0.25) is 17.7 Å². The molecule has 3 saturated heterocycles. The zero-order chi connectivity index (χ0) is 27.5. The number of benzene rings is 2. The van der Waals surface area contributed by atoms with Crippen LogP contribution in [0.5, 0.6) is 0 Å². The number of ether oxygens (including phenoxy) is 1. The molecular formula is C31H39N3O5. The van der Waals surface area contributed by atoms with Crippen molar-refractivity contribution in [3.63, 3.8) is 0 Å². The Morgan fingerprint density at radius 2 is 1.54 bits per heavy atom. The number of nitrogens with zero attached hydrogens (tertiary/aromatic N) is 1. The van der Waals surface area contributed by atoms with Crippen molar-refractivity contribution in [2.24, 2.45) is 11.8 Å². The SMILES string of the molecule is CC[C@]12CCC3(O1)C(C(=O)NCc1ccccc1)N(CCCCCO)C(=O)[C@@H]3[C@H]2C(=O)NCc1ccccc1. The Balaban J connectivity index is 1.42. The molecule has 3 aliphatic heterocycles. The van der Waals surface area contributed by atoms with E-state index in [4.69, 9.17) is 4.74 Å². The van der Waals surface area contributed by atoms with Gasteiger partial charge in [-0.25, -0.2) is 0 Å². The third-order valence-corrected chi connectivity index (χ3v) is 8.89. The smallest absolute Gasteiger partial charge is 0.246 e. The van der Waals surface area contributed by atoms with E-state index >= 15 is 0 Å². The highest BCUT2D eigenvalue weighted by Gasteiger charge is 2.78. The molecule has 3 amide bonds. The largest absolute Gasteiger partial charge is 0.396 e. The Labute approximate surface area is 230 Å². The Morgan fingerprint density at radius 3 is 2.13 bits per heavy atom. The first-order chi connectivity index (χ1) is 19.0. The fourth-order valence-corrected chi connectivity index (χ4v) is 7.00. The summed E-state index contributed by atoms with van der Waals surface area (Å²) in [4.78, 5) is 43.4. The number of likely N-dealkylation sites (tertiary alicyclic amines) is 1. The Morgan fingerprint density at radius 1 is 0.923 bits per heavy atom. The second-order valence-electron chi connectivity index (χ2n) is 11.1. The molecule has 0 aromatic heterocycles. The summed E-state index contributed by atoms with van der Waals surface area (Å²) in [6, 6.07) is 18.6. The lowest BCUT2D eigenvalue weighted by atomic mass is 9.65. The van der Waals surface area contributed by atoms with E-state index < -0.39 is 29.1 Å². The average Bonchev–Trinajstić information content (AvgIpc) is 3.57. The number of unbranched alkanes of at least 4 members (excludes halogenated alkanes) is 2. The molecule has 0 aliphatic carbocycles. The van der Waals surface area contributed by atoms with E-state index in [0.717, 1.165) is 17.5 Å². The summed E-state index contributed by atoms with van der Waals surface area (Å²) in [5.41, 5.74) is 0.164. The van der Waals surface area contributed by atoms with Crippen LogP contribution in [0.1, 0.15) is 56.6 Å². The normalized spacial score (nSPS) is 28.9. The van der Waals surface area contributed by atoms with Gasteiger partial charge in [0.1, 0.15) is 11.6 Å². The summed E-state index contributed by atoms with van der Waals surface area (Å²) in [7, 11) is 0. The molecule has 3 fully saturated rings. The number of carbonyl (C=O) groups excluding carboxylic acids is 3. The fourth-order valence-electron chi connectivity index (χ4n) is 7.00. The van der Waals surface area contributed by atoms with Crippen LogP contribution in [0, 0.1) is 11.8 Å². The summed E-state index contributed by atoms with van der Waals surface area (Å²) < 4.78 is 6.80. The van der Waals surface area contributed by atoms with Crippen molar-refractivity contribution in [1.29, 1.82) is 0 Å². The molecule has 2 unspecified atom stereocenters. The third-order valence-electron chi connectivity index (χ3n) is 8.89. The van der Waals surface area contributed by atoms with Crippen LogP contribution in [0.4, 0.5) is 0 Å². The summed E-state index contributed by atoms with van der Waals surface area (Å²) in [5, 5.41) is 15.3. The highest BCUT2D eigenvalue weighted by molar-refractivity contribution is 5.99. The quantitative estimate of drug-likeness (QED) is 0.364. The van der Waals surface area contributed by atoms with Gasteiger partial charge in [0.15, 0.2) is 0 Å². The van der Waals surface area contributed by atoms with E-state index in [0.29, 0.717) is 51.7 Å². The van der Waals surface area contributed by atoms with Crippen LogP contribution in [-0.4, -0.2) is 58.1 Å². The molecule has 8 nitrogen and oxygen atoms in total. The van der Waals surface area contributed by atoms with Crippen LogP contribution in [0.15, 0.2) is 60.7 Å².